The van der Waals surface area contributed by atoms with Gasteiger partial charge in [-0.15, -0.1) is 0 Å². The molecule has 1 amide bonds. The fourth-order valence-electron chi connectivity index (χ4n) is 3.72. The zero-order valence-electron chi connectivity index (χ0n) is 17.3. The minimum absolute atomic E-state index is 0.00880. The molecule has 0 saturated carbocycles. The van der Waals surface area contributed by atoms with Crippen LogP contribution in [0.1, 0.15) is 38.8 Å². The molecule has 1 aromatic carbocycles. The number of anilines is 1. The lowest BCUT2D eigenvalue weighted by Gasteiger charge is -2.32. The van der Waals surface area contributed by atoms with E-state index in [0.717, 1.165) is 0 Å². The molecular weight excluding hydrogens is 413 g/mol. The Hall–Kier alpha value is -2.03. The number of halogens is 3. The normalized spacial score (nSPS) is 19.3. The molecule has 30 heavy (non-hydrogen) atoms. The van der Waals surface area contributed by atoms with E-state index in [4.69, 9.17) is 20.9 Å². The number of pyridine rings is 1. The number of carbonyl (C=O) groups excluding carboxylic acids is 1. The van der Waals surface area contributed by atoms with Gasteiger partial charge in [-0.1, -0.05) is 23.7 Å². The van der Waals surface area contributed by atoms with Crippen LogP contribution in [0.3, 0.4) is 0 Å². The highest BCUT2D eigenvalue weighted by molar-refractivity contribution is 6.62. The standard InChI is InChI=1S/C21H22BClF2N2O3/c1-20(2)21(3,4)30-22(29-20)14-10-12-7-9-27(18(12)17(25)16(14)24)15(28)11-13-6-5-8-26-19(13)23/h5-6,8,10H,7,9,11H2,1-4H3. The minimum atomic E-state index is -1.07. The molecule has 2 aliphatic heterocycles. The Morgan fingerprint density at radius 1 is 1.23 bits per heavy atom. The first kappa shape index (κ1) is 21.2. The molecule has 1 saturated heterocycles. The number of aromatic nitrogens is 1. The molecular formula is C21H22BClF2N2O3. The van der Waals surface area contributed by atoms with Crippen LogP contribution in [-0.2, 0) is 26.9 Å². The minimum Gasteiger partial charge on any atom is -0.399 e. The molecule has 5 nitrogen and oxygen atoms in total. The first-order chi connectivity index (χ1) is 14.0. The molecule has 0 bridgehead atoms. The smallest absolute Gasteiger partial charge is 0.399 e. The first-order valence-electron chi connectivity index (χ1n) is 9.78. The number of amides is 1. The van der Waals surface area contributed by atoms with Crippen molar-refractivity contribution in [2.24, 2.45) is 0 Å². The highest BCUT2D eigenvalue weighted by Crippen LogP contribution is 2.38. The molecule has 1 fully saturated rings. The van der Waals surface area contributed by atoms with Crippen LogP contribution in [0.4, 0.5) is 14.5 Å². The Morgan fingerprint density at radius 3 is 2.53 bits per heavy atom. The maximum Gasteiger partial charge on any atom is 0.497 e. The van der Waals surface area contributed by atoms with Gasteiger partial charge in [0.25, 0.3) is 0 Å². The van der Waals surface area contributed by atoms with E-state index in [0.29, 0.717) is 17.5 Å². The van der Waals surface area contributed by atoms with Gasteiger partial charge < -0.3 is 14.2 Å². The highest BCUT2D eigenvalue weighted by Gasteiger charge is 2.53. The predicted octanol–water partition coefficient (Wildman–Crippen LogP) is 3.44. The fraction of sp³-hybridized carbons (Fsp3) is 0.429. The third-order valence-electron chi connectivity index (χ3n) is 6.15. The molecule has 4 rings (SSSR count). The van der Waals surface area contributed by atoms with Gasteiger partial charge in [0, 0.05) is 18.2 Å². The predicted molar refractivity (Wildman–Crippen MR) is 111 cm³/mol. The molecule has 0 radical (unpaired) electrons. The van der Waals surface area contributed by atoms with E-state index in [9.17, 15) is 4.79 Å². The number of hydrogen-bond acceptors (Lipinski definition) is 4. The Morgan fingerprint density at radius 2 is 1.90 bits per heavy atom. The van der Waals surface area contributed by atoms with Gasteiger partial charge in [0.2, 0.25) is 5.91 Å². The summed E-state index contributed by atoms with van der Waals surface area (Å²) >= 11 is 6.03. The van der Waals surface area contributed by atoms with Crippen molar-refractivity contribution in [3.63, 3.8) is 0 Å². The highest BCUT2D eigenvalue weighted by atomic mass is 35.5. The first-order valence-corrected chi connectivity index (χ1v) is 10.2. The summed E-state index contributed by atoms with van der Waals surface area (Å²) in [6.07, 6.45) is 1.88. The summed E-state index contributed by atoms with van der Waals surface area (Å²) in [5, 5.41) is 0.216. The number of benzene rings is 1. The van der Waals surface area contributed by atoms with Crippen molar-refractivity contribution in [3.8, 4) is 0 Å². The Balaban J connectivity index is 1.64. The zero-order valence-corrected chi connectivity index (χ0v) is 18.0. The van der Waals surface area contributed by atoms with Crippen LogP contribution in [0.2, 0.25) is 5.15 Å². The topological polar surface area (TPSA) is 51.7 Å². The molecule has 0 atom stereocenters. The van der Waals surface area contributed by atoms with Gasteiger partial charge >= 0.3 is 7.12 Å². The second-order valence-electron chi connectivity index (χ2n) is 8.62. The molecule has 3 heterocycles. The molecule has 0 aliphatic carbocycles. The van der Waals surface area contributed by atoms with Crippen molar-refractivity contribution in [1.82, 2.24) is 4.98 Å². The summed E-state index contributed by atoms with van der Waals surface area (Å²) in [5.41, 5.74) is -0.293. The second kappa shape index (κ2) is 7.29. The van der Waals surface area contributed by atoms with Crippen LogP contribution < -0.4 is 10.4 Å². The third-order valence-corrected chi connectivity index (χ3v) is 6.49. The van der Waals surface area contributed by atoms with E-state index < -0.39 is 30.0 Å². The molecule has 0 unspecified atom stereocenters. The average Bonchev–Trinajstić information content (AvgIpc) is 3.18. The van der Waals surface area contributed by atoms with Crippen LogP contribution in [-0.4, -0.2) is 35.8 Å². The molecule has 9 heteroatoms. The Kier molecular flexibility index (Phi) is 5.15. The van der Waals surface area contributed by atoms with Gasteiger partial charge in [-0.25, -0.2) is 13.8 Å². The van der Waals surface area contributed by atoms with Gasteiger partial charge in [-0.05, 0) is 51.3 Å². The van der Waals surface area contributed by atoms with E-state index in [1.54, 1.807) is 18.2 Å². The van der Waals surface area contributed by atoms with Crippen LogP contribution in [0, 0.1) is 11.6 Å². The van der Waals surface area contributed by atoms with Crippen LogP contribution in [0.15, 0.2) is 24.4 Å². The summed E-state index contributed by atoms with van der Waals surface area (Å²) in [4.78, 5) is 18.0. The number of carbonyl (C=O) groups is 1. The Labute approximate surface area is 179 Å². The lowest BCUT2D eigenvalue weighted by molar-refractivity contribution is -0.117. The van der Waals surface area contributed by atoms with Crippen molar-refractivity contribution in [2.45, 2.75) is 51.7 Å². The lowest BCUT2D eigenvalue weighted by atomic mass is 9.77. The molecule has 2 aromatic rings. The summed E-state index contributed by atoms with van der Waals surface area (Å²) < 4.78 is 41.9. The summed E-state index contributed by atoms with van der Waals surface area (Å²) in [5.74, 6) is -2.50. The van der Waals surface area contributed by atoms with Crippen LogP contribution in [0.25, 0.3) is 0 Å². The van der Waals surface area contributed by atoms with E-state index in [2.05, 4.69) is 4.98 Å². The van der Waals surface area contributed by atoms with E-state index in [1.165, 1.54) is 11.1 Å². The van der Waals surface area contributed by atoms with Crippen molar-refractivity contribution in [1.29, 1.82) is 0 Å². The second-order valence-corrected chi connectivity index (χ2v) is 8.97. The van der Waals surface area contributed by atoms with E-state index in [1.807, 2.05) is 27.7 Å². The van der Waals surface area contributed by atoms with Crippen LogP contribution in [0.5, 0.6) is 0 Å². The summed E-state index contributed by atoms with van der Waals surface area (Å²) in [7, 11) is -1.02. The Bertz CT molecular complexity index is 1020. The molecule has 0 N–H and O–H groups in total. The van der Waals surface area contributed by atoms with Crippen molar-refractivity contribution >= 4 is 35.8 Å². The zero-order chi connectivity index (χ0) is 21.8. The summed E-state index contributed by atoms with van der Waals surface area (Å²) in [6.45, 7) is 7.64. The third kappa shape index (κ3) is 3.41. The average molecular weight is 435 g/mol. The number of fused-ring (bicyclic) bond motifs is 1. The van der Waals surface area contributed by atoms with E-state index in [-0.39, 0.29) is 35.2 Å². The van der Waals surface area contributed by atoms with Gasteiger partial charge in [-0.3, -0.25) is 4.79 Å². The fourth-order valence-corrected chi connectivity index (χ4v) is 3.90. The largest absolute Gasteiger partial charge is 0.497 e. The number of hydrogen-bond donors (Lipinski definition) is 0. The maximum absolute atomic E-state index is 15.1. The van der Waals surface area contributed by atoms with Crippen molar-refractivity contribution in [2.75, 3.05) is 11.4 Å². The van der Waals surface area contributed by atoms with Gasteiger partial charge in [-0.2, -0.15) is 0 Å². The van der Waals surface area contributed by atoms with Crippen molar-refractivity contribution in [3.05, 3.63) is 52.3 Å². The number of nitrogens with zero attached hydrogens (tertiary/aromatic N) is 2. The van der Waals surface area contributed by atoms with Gasteiger partial charge in [0.05, 0.1) is 23.3 Å². The van der Waals surface area contributed by atoms with Gasteiger partial charge in [0.15, 0.2) is 11.6 Å². The molecule has 2 aliphatic rings. The number of rotatable bonds is 3. The van der Waals surface area contributed by atoms with Crippen LogP contribution >= 0.6 is 11.6 Å². The monoisotopic (exact) mass is 434 g/mol. The SMILES string of the molecule is CC1(C)OB(c2cc3c(c(F)c2F)N(C(=O)Cc2cccnc2Cl)CC3)OC1(C)C. The molecule has 1 aromatic heterocycles. The maximum atomic E-state index is 15.1. The van der Waals surface area contributed by atoms with E-state index >= 15 is 8.78 Å². The quantitative estimate of drug-likeness (QED) is 0.548. The molecule has 158 valence electrons. The molecule has 0 spiro atoms. The lowest BCUT2D eigenvalue weighted by Crippen LogP contribution is -2.41. The summed E-state index contributed by atoms with van der Waals surface area (Å²) in [6, 6.07) is 4.90. The van der Waals surface area contributed by atoms with Gasteiger partial charge in [0.1, 0.15) is 5.15 Å². The van der Waals surface area contributed by atoms with Crippen molar-refractivity contribution < 1.29 is 22.9 Å².